The molecule has 2 aromatic rings. The number of anilines is 1. The second kappa shape index (κ2) is 8.00. The lowest BCUT2D eigenvalue weighted by molar-refractivity contribution is -0.0135. The van der Waals surface area contributed by atoms with Crippen LogP contribution in [-0.2, 0) is 4.74 Å². The van der Waals surface area contributed by atoms with Crippen LogP contribution < -0.4 is 21.5 Å². The molecule has 1 aromatic carbocycles. The number of nitrogens with zero attached hydrogens (tertiary/aromatic N) is 2. The van der Waals surface area contributed by atoms with Crippen LogP contribution in [-0.4, -0.2) is 47.1 Å². The van der Waals surface area contributed by atoms with E-state index in [9.17, 15) is 9.59 Å². The second-order valence-corrected chi connectivity index (χ2v) is 6.22. The van der Waals surface area contributed by atoms with E-state index in [1.54, 1.807) is 31.2 Å². The van der Waals surface area contributed by atoms with Gasteiger partial charge in [-0.05, 0) is 37.6 Å². The molecule has 9 nitrogen and oxygen atoms in total. The van der Waals surface area contributed by atoms with Gasteiger partial charge in [0.2, 0.25) is 11.9 Å². The number of hydrogen-bond acceptors (Lipinski definition) is 7. The molecule has 2 amide bonds. The Hall–Kier alpha value is -3.20. The third-order valence-corrected chi connectivity index (χ3v) is 4.29. The number of primary amides is 1. The molecule has 5 N–H and O–H groups in total. The van der Waals surface area contributed by atoms with E-state index in [0.717, 1.165) is 0 Å². The Labute approximate surface area is 156 Å². The van der Waals surface area contributed by atoms with Crippen LogP contribution in [0, 0.1) is 6.92 Å². The smallest absolute Gasteiger partial charge is 0.255 e. The van der Waals surface area contributed by atoms with Gasteiger partial charge < -0.3 is 26.3 Å². The Morgan fingerprint density at radius 3 is 2.70 bits per heavy atom. The topological polar surface area (TPSA) is 142 Å². The number of hydrogen-bond donors (Lipinski definition) is 3. The number of carbonyl (C=O) groups excluding carboxylic acids is 2. The fourth-order valence-corrected chi connectivity index (χ4v) is 2.82. The van der Waals surface area contributed by atoms with Crippen LogP contribution >= 0.6 is 0 Å². The maximum atomic E-state index is 12.6. The van der Waals surface area contributed by atoms with Crippen molar-refractivity contribution in [1.82, 2.24) is 15.3 Å². The van der Waals surface area contributed by atoms with E-state index in [1.165, 1.54) is 6.20 Å². The van der Waals surface area contributed by atoms with Crippen LogP contribution in [0.3, 0.4) is 0 Å². The summed E-state index contributed by atoms with van der Waals surface area (Å²) in [6, 6.07) is 6.24. The summed E-state index contributed by atoms with van der Waals surface area (Å²) in [5.41, 5.74) is 12.0. The molecule has 0 radical (unpaired) electrons. The van der Waals surface area contributed by atoms with E-state index >= 15 is 0 Å². The van der Waals surface area contributed by atoms with Gasteiger partial charge in [0, 0.05) is 18.4 Å². The second-order valence-electron chi connectivity index (χ2n) is 6.22. The molecule has 1 fully saturated rings. The summed E-state index contributed by atoms with van der Waals surface area (Å²) in [7, 11) is 0. The minimum Gasteiger partial charge on any atom is -0.486 e. The first kappa shape index (κ1) is 18.6. The number of rotatable bonds is 5. The monoisotopic (exact) mass is 371 g/mol. The SMILES string of the molecule is Cc1nc(N)ncc1C(=O)N[C@@H]1CCOC[C@H]1Oc1ccc(C(N)=O)cc1. The highest BCUT2D eigenvalue weighted by molar-refractivity contribution is 5.95. The number of nitrogens with one attached hydrogen (secondary N) is 1. The standard InChI is InChI=1S/C18H21N5O4/c1-10-13(8-21-18(20)22-10)17(25)23-14-6-7-26-9-15(14)27-12-4-2-11(3-5-12)16(19)24/h2-5,8,14-15H,6-7,9H2,1H3,(H2,19,24)(H,23,25)(H2,20,21,22)/t14-,15-/m1/s1. The van der Waals surface area contributed by atoms with Gasteiger partial charge in [-0.15, -0.1) is 0 Å². The zero-order chi connectivity index (χ0) is 19.4. The molecule has 1 aliphatic rings. The minimum atomic E-state index is -0.506. The van der Waals surface area contributed by atoms with E-state index in [1.807, 2.05) is 0 Å². The van der Waals surface area contributed by atoms with E-state index in [0.29, 0.717) is 42.2 Å². The summed E-state index contributed by atoms with van der Waals surface area (Å²) in [6.07, 6.45) is 1.63. The highest BCUT2D eigenvalue weighted by atomic mass is 16.5. The number of carbonyl (C=O) groups is 2. The largest absolute Gasteiger partial charge is 0.486 e. The highest BCUT2D eigenvalue weighted by Gasteiger charge is 2.30. The Morgan fingerprint density at radius 2 is 2.04 bits per heavy atom. The lowest BCUT2D eigenvalue weighted by Crippen LogP contribution is -2.51. The van der Waals surface area contributed by atoms with Crippen LogP contribution in [0.4, 0.5) is 5.95 Å². The number of aryl methyl sites for hydroxylation is 1. The van der Waals surface area contributed by atoms with Crippen molar-refractivity contribution in [2.75, 3.05) is 18.9 Å². The average Bonchev–Trinajstić information content (AvgIpc) is 2.63. The van der Waals surface area contributed by atoms with Crippen molar-refractivity contribution in [1.29, 1.82) is 0 Å². The van der Waals surface area contributed by atoms with Gasteiger partial charge in [0.25, 0.3) is 5.91 Å². The molecule has 3 rings (SSSR count). The lowest BCUT2D eigenvalue weighted by Gasteiger charge is -2.32. The molecule has 1 aliphatic heterocycles. The summed E-state index contributed by atoms with van der Waals surface area (Å²) in [5, 5.41) is 2.96. The number of benzene rings is 1. The van der Waals surface area contributed by atoms with Crippen LogP contribution in [0.2, 0.25) is 0 Å². The van der Waals surface area contributed by atoms with Crippen LogP contribution in [0.15, 0.2) is 30.5 Å². The van der Waals surface area contributed by atoms with E-state index < -0.39 is 5.91 Å². The van der Waals surface area contributed by atoms with E-state index in [-0.39, 0.29) is 24.0 Å². The Kier molecular flexibility index (Phi) is 5.51. The van der Waals surface area contributed by atoms with Crippen molar-refractivity contribution >= 4 is 17.8 Å². The van der Waals surface area contributed by atoms with Gasteiger partial charge >= 0.3 is 0 Å². The Bertz CT molecular complexity index is 840. The quantitative estimate of drug-likeness (QED) is 0.692. The van der Waals surface area contributed by atoms with Gasteiger partial charge in [0.1, 0.15) is 11.9 Å². The number of nitrogen functional groups attached to an aromatic ring is 1. The molecule has 0 aliphatic carbocycles. The van der Waals surface area contributed by atoms with Gasteiger partial charge in [-0.25, -0.2) is 9.97 Å². The van der Waals surface area contributed by atoms with Crippen molar-refractivity contribution in [2.24, 2.45) is 5.73 Å². The minimum absolute atomic E-state index is 0.121. The molecule has 2 atom stereocenters. The summed E-state index contributed by atoms with van der Waals surface area (Å²) in [6.45, 7) is 2.55. The molecule has 0 saturated carbocycles. The van der Waals surface area contributed by atoms with Gasteiger partial charge in [0.15, 0.2) is 0 Å². The summed E-state index contributed by atoms with van der Waals surface area (Å²) in [5.74, 6) is -0.122. The number of ether oxygens (including phenoxy) is 2. The molecule has 1 saturated heterocycles. The fraction of sp³-hybridized carbons (Fsp3) is 0.333. The zero-order valence-corrected chi connectivity index (χ0v) is 14.8. The normalized spacial score (nSPS) is 19.3. The third kappa shape index (κ3) is 4.50. The number of aromatic nitrogens is 2. The molecule has 1 aromatic heterocycles. The predicted molar refractivity (Wildman–Crippen MR) is 97.2 cm³/mol. The van der Waals surface area contributed by atoms with Crippen molar-refractivity contribution in [2.45, 2.75) is 25.5 Å². The average molecular weight is 371 g/mol. The molecule has 0 spiro atoms. The van der Waals surface area contributed by atoms with Crippen LogP contribution in [0.1, 0.15) is 32.8 Å². The van der Waals surface area contributed by atoms with Crippen molar-refractivity contribution in [3.63, 3.8) is 0 Å². The summed E-state index contributed by atoms with van der Waals surface area (Å²) < 4.78 is 11.4. The molecular weight excluding hydrogens is 350 g/mol. The molecule has 0 bridgehead atoms. The van der Waals surface area contributed by atoms with Crippen LogP contribution in [0.5, 0.6) is 5.75 Å². The molecule has 142 valence electrons. The first-order chi connectivity index (χ1) is 12.9. The van der Waals surface area contributed by atoms with E-state index in [2.05, 4.69) is 15.3 Å². The van der Waals surface area contributed by atoms with Crippen molar-refractivity contribution in [3.8, 4) is 5.75 Å². The maximum Gasteiger partial charge on any atom is 0.255 e. The fourth-order valence-electron chi connectivity index (χ4n) is 2.82. The number of amides is 2. The third-order valence-electron chi connectivity index (χ3n) is 4.29. The zero-order valence-electron chi connectivity index (χ0n) is 14.8. The van der Waals surface area contributed by atoms with Gasteiger partial charge in [0.05, 0.1) is 23.9 Å². The molecule has 0 unspecified atom stereocenters. The molecule has 27 heavy (non-hydrogen) atoms. The maximum absolute atomic E-state index is 12.6. The Balaban J connectivity index is 1.69. The molecular formula is C18H21N5O4. The first-order valence-corrected chi connectivity index (χ1v) is 8.48. The Morgan fingerprint density at radius 1 is 1.30 bits per heavy atom. The molecule has 9 heteroatoms. The predicted octanol–water partition coefficient (Wildman–Crippen LogP) is 0.432. The summed E-state index contributed by atoms with van der Waals surface area (Å²) >= 11 is 0. The van der Waals surface area contributed by atoms with Crippen molar-refractivity contribution in [3.05, 3.63) is 47.3 Å². The molecule has 2 heterocycles. The van der Waals surface area contributed by atoms with Gasteiger partial charge in [-0.2, -0.15) is 0 Å². The van der Waals surface area contributed by atoms with Gasteiger partial charge in [-0.3, -0.25) is 9.59 Å². The van der Waals surface area contributed by atoms with Crippen molar-refractivity contribution < 1.29 is 19.1 Å². The highest BCUT2D eigenvalue weighted by Crippen LogP contribution is 2.19. The number of nitrogens with two attached hydrogens (primary N) is 2. The first-order valence-electron chi connectivity index (χ1n) is 8.48. The lowest BCUT2D eigenvalue weighted by atomic mass is 10.0. The van der Waals surface area contributed by atoms with Gasteiger partial charge in [-0.1, -0.05) is 0 Å². The van der Waals surface area contributed by atoms with E-state index in [4.69, 9.17) is 20.9 Å². The van der Waals surface area contributed by atoms with Crippen LogP contribution in [0.25, 0.3) is 0 Å². The summed E-state index contributed by atoms with van der Waals surface area (Å²) in [4.78, 5) is 31.6.